The lowest BCUT2D eigenvalue weighted by molar-refractivity contribution is 0.320. The summed E-state index contributed by atoms with van der Waals surface area (Å²) >= 11 is 18.4. The van der Waals surface area contributed by atoms with E-state index >= 15 is 0 Å². The standard InChI is InChI=1S/C15H22Cl3NO4S/c1-14(2,3)24(20)19-13(15(16,17)18)9-7-8-10(21-4)12(23-6)11(9)22-5/h7-8,13,19H,1-6H3/t13-,24?/m0/s1. The summed E-state index contributed by atoms with van der Waals surface area (Å²) < 4.78 is 29.1. The van der Waals surface area contributed by atoms with Gasteiger partial charge < -0.3 is 14.2 Å². The summed E-state index contributed by atoms with van der Waals surface area (Å²) in [5.74, 6) is 1.17. The molecule has 0 aliphatic rings. The Bertz CT molecular complexity index is 600. The van der Waals surface area contributed by atoms with E-state index in [0.29, 0.717) is 22.8 Å². The Balaban J connectivity index is 3.47. The van der Waals surface area contributed by atoms with Crippen LogP contribution in [0.15, 0.2) is 12.1 Å². The van der Waals surface area contributed by atoms with Crippen LogP contribution in [0.2, 0.25) is 0 Å². The third-order valence-corrected chi connectivity index (χ3v) is 5.37. The van der Waals surface area contributed by atoms with E-state index in [0.717, 1.165) is 0 Å². The van der Waals surface area contributed by atoms with Crippen molar-refractivity contribution in [2.75, 3.05) is 21.3 Å². The SMILES string of the molecule is COc1ccc([C@H](NS(=O)C(C)(C)C)C(Cl)(Cl)Cl)c(OC)c1OC. The summed E-state index contributed by atoms with van der Waals surface area (Å²) in [7, 11) is 2.99. The van der Waals surface area contributed by atoms with Gasteiger partial charge in [-0.15, -0.1) is 0 Å². The number of methoxy groups -OCH3 is 3. The van der Waals surface area contributed by atoms with Gasteiger partial charge in [-0.2, -0.15) is 0 Å². The van der Waals surface area contributed by atoms with Gasteiger partial charge in [0.25, 0.3) is 0 Å². The van der Waals surface area contributed by atoms with Crippen molar-refractivity contribution in [3.05, 3.63) is 17.7 Å². The fourth-order valence-electron chi connectivity index (χ4n) is 1.94. The van der Waals surface area contributed by atoms with Gasteiger partial charge in [0, 0.05) is 5.56 Å². The molecule has 0 saturated heterocycles. The summed E-state index contributed by atoms with van der Waals surface area (Å²) in [6, 6.07) is 2.46. The molecule has 138 valence electrons. The van der Waals surface area contributed by atoms with Crippen molar-refractivity contribution in [1.29, 1.82) is 0 Å². The van der Waals surface area contributed by atoms with E-state index in [2.05, 4.69) is 4.72 Å². The first-order chi connectivity index (χ1) is 11.0. The van der Waals surface area contributed by atoms with E-state index in [1.54, 1.807) is 12.1 Å². The molecule has 0 radical (unpaired) electrons. The Labute approximate surface area is 160 Å². The average Bonchev–Trinajstić information content (AvgIpc) is 2.48. The van der Waals surface area contributed by atoms with Crippen LogP contribution in [0.1, 0.15) is 32.4 Å². The largest absolute Gasteiger partial charge is 0.493 e. The summed E-state index contributed by atoms with van der Waals surface area (Å²) in [5.41, 5.74) is 0.493. The van der Waals surface area contributed by atoms with E-state index < -0.39 is 25.6 Å². The number of benzene rings is 1. The van der Waals surface area contributed by atoms with E-state index in [4.69, 9.17) is 49.0 Å². The zero-order chi connectivity index (χ0) is 18.7. The van der Waals surface area contributed by atoms with Gasteiger partial charge in [-0.1, -0.05) is 34.8 Å². The van der Waals surface area contributed by atoms with Gasteiger partial charge in [0.1, 0.15) is 0 Å². The van der Waals surface area contributed by atoms with Crippen LogP contribution in [0.25, 0.3) is 0 Å². The van der Waals surface area contributed by atoms with Gasteiger partial charge in [0.2, 0.25) is 9.54 Å². The second kappa shape index (κ2) is 8.32. The van der Waals surface area contributed by atoms with Crippen molar-refractivity contribution >= 4 is 45.8 Å². The van der Waals surface area contributed by atoms with Crippen LogP contribution in [0.5, 0.6) is 17.2 Å². The van der Waals surface area contributed by atoms with Crippen molar-refractivity contribution < 1.29 is 18.4 Å². The number of hydrogen-bond acceptors (Lipinski definition) is 4. The normalized spacial score (nSPS) is 14.9. The predicted molar refractivity (Wildman–Crippen MR) is 100 cm³/mol. The quantitative estimate of drug-likeness (QED) is 0.704. The van der Waals surface area contributed by atoms with E-state index in [9.17, 15) is 4.21 Å². The third-order valence-electron chi connectivity index (χ3n) is 3.15. The molecule has 1 aromatic carbocycles. The van der Waals surface area contributed by atoms with Gasteiger partial charge >= 0.3 is 0 Å². The second-order valence-corrected chi connectivity index (χ2v) is 10.3. The second-order valence-electron chi connectivity index (χ2n) is 5.90. The first-order valence-electron chi connectivity index (χ1n) is 7.01. The lowest BCUT2D eigenvalue weighted by Gasteiger charge is -2.30. The van der Waals surface area contributed by atoms with E-state index in [1.807, 2.05) is 20.8 Å². The number of rotatable bonds is 6. The van der Waals surface area contributed by atoms with Crippen molar-refractivity contribution in [2.45, 2.75) is 35.4 Å². The minimum absolute atomic E-state index is 0.339. The summed E-state index contributed by atoms with van der Waals surface area (Å²) in [5, 5.41) is 0. The molecule has 0 amide bonds. The lowest BCUT2D eigenvalue weighted by Crippen LogP contribution is -2.40. The molecule has 0 bridgehead atoms. The molecule has 1 N–H and O–H groups in total. The summed E-state index contributed by atoms with van der Waals surface area (Å²) in [6.45, 7) is 5.45. The van der Waals surface area contributed by atoms with Crippen LogP contribution >= 0.6 is 34.8 Å². The maximum atomic E-state index is 12.5. The Morgan fingerprint density at radius 1 is 1.00 bits per heavy atom. The first kappa shape index (κ1) is 21.6. The molecule has 2 atom stereocenters. The third kappa shape index (κ3) is 5.05. The molecular formula is C15H22Cl3NO4S. The van der Waals surface area contributed by atoms with Gasteiger partial charge in [0.15, 0.2) is 11.5 Å². The molecule has 5 nitrogen and oxygen atoms in total. The highest BCUT2D eigenvalue weighted by atomic mass is 35.6. The molecule has 9 heteroatoms. The zero-order valence-corrected chi connectivity index (χ0v) is 17.5. The molecule has 0 aromatic heterocycles. The molecule has 0 saturated carbocycles. The average molecular weight is 419 g/mol. The number of alkyl halides is 3. The number of ether oxygens (including phenoxy) is 3. The molecule has 0 heterocycles. The van der Waals surface area contributed by atoms with Crippen LogP contribution in [0.3, 0.4) is 0 Å². The van der Waals surface area contributed by atoms with Crippen LogP contribution < -0.4 is 18.9 Å². The molecule has 0 spiro atoms. The minimum Gasteiger partial charge on any atom is -0.493 e. The predicted octanol–water partition coefficient (Wildman–Crippen LogP) is 4.18. The maximum Gasteiger partial charge on any atom is 0.210 e. The fourth-order valence-corrected chi connectivity index (χ4v) is 3.52. The highest BCUT2D eigenvalue weighted by Gasteiger charge is 2.39. The minimum atomic E-state index is -1.77. The Hall–Kier alpha value is -0.400. The molecule has 1 unspecified atom stereocenters. The first-order valence-corrected chi connectivity index (χ1v) is 9.29. The topological polar surface area (TPSA) is 56.8 Å². The Morgan fingerprint density at radius 3 is 1.92 bits per heavy atom. The summed E-state index contributed by atoms with van der Waals surface area (Å²) in [6.07, 6.45) is 0. The number of halogens is 3. The Kier molecular flexibility index (Phi) is 7.50. The van der Waals surface area contributed by atoms with E-state index in [-0.39, 0.29) is 0 Å². The van der Waals surface area contributed by atoms with Crippen molar-refractivity contribution in [3.63, 3.8) is 0 Å². The molecule has 24 heavy (non-hydrogen) atoms. The van der Waals surface area contributed by atoms with Crippen LogP contribution in [0, 0.1) is 0 Å². The Morgan fingerprint density at radius 2 is 1.54 bits per heavy atom. The number of nitrogens with one attached hydrogen (secondary N) is 1. The highest BCUT2D eigenvalue weighted by molar-refractivity contribution is 7.84. The van der Waals surface area contributed by atoms with E-state index in [1.165, 1.54) is 21.3 Å². The van der Waals surface area contributed by atoms with Gasteiger partial charge in [-0.05, 0) is 32.9 Å². The molecule has 0 fully saturated rings. The zero-order valence-electron chi connectivity index (χ0n) is 14.4. The van der Waals surface area contributed by atoms with Crippen LogP contribution in [0.4, 0.5) is 0 Å². The molecular weight excluding hydrogens is 397 g/mol. The molecule has 1 aromatic rings. The van der Waals surface area contributed by atoms with Gasteiger partial charge in [-0.3, -0.25) is 0 Å². The van der Waals surface area contributed by atoms with Crippen molar-refractivity contribution in [1.82, 2.24) is 4.72 Å². The van der Waals surface area contributed by atoms with Crippen molar-refractivity contribution in [2.24, 2.45) is 0 Å². The van der Waals surface area contributed by atoms with Gasteiger partial charge in [0.05, 0.1) is 43.1 Å². The van der Waals surface area contributed by atoms with Crippen LogP contribution in [-0.4, -0.2) is 34.1 Å². The number of hydrogen-bond donors (Lipinski definition) is 1. The molecule has 0 aliphatic heterocycles. The summed E-state index contributed by atoms with van der Waals surface area (Å²) in [4.78, 5) is 0. The maximum absolute atomic E-state index is 12.5. The highest BCUT2D eigenvalue weighted by Crippen LogP contribution is 2.48. The van der Waals surface area contributed by atoms with Crippen LogP contribution in [-0.2, 0) is 11.0 Å². The smallest absolute Gasteiger partial charge is 0.210 e. The fraction of sp³-hybridized carbons (Fsp3) is 0.600. The van der Waals surface area contributed by atoms with Gasteiger partial charge in [-0.25, -0.2) is 8.93 Å². The lowest BCUT2D eigenvalue weighted by atomic mass is 10.1. The molecule has 1 rings (SSSR count). The monoisotopic (exact) mass is 417 g/mol. The molecule has 0 aliphatic carbocycles. The van der Waals surface area contributed by atoms with Crippen molar-refractivity contribution in [3.8, 4) is 17.2 Å².